The van der Waals surface area contributed by atoms with Crippen LogP contribution in [0.4, 0.5) is 0 Å². The lowest BCUT2D eigenvalue weighted by atomic mass is 10.1. The summed E-state index contributed by atoms with van der Waals surface area (Å²) >= 11 is 6.03. The molecule has 2 aromatic rings. The zero-order chi connectivity index (χ0) is 18.6. The number of ether oxygens (including phenoxy) is 1. The molecule has 2 N–H and O–H groups in total. The predicted octanol–water partition coefficient (Wildman–Crippen LogP) is 2.83. The van der Waals surface area contributed by atoms with Crippen LogP contribution in [-0.4, -0.2) is 29.2 Å². The maximum Gasteiger partial charge on any atom is 0.330 e. The molecule has 0 fully saturated rings. The van der Waals surface area contributed by atoms with E-state index in [9.17, 15) is 14.7 Å². The van der Waals surface area contributed by atoms with Gasteiger partial charge in [0.15, 0.2) is 6.04 Å². The number of halogens is 1. The highest BCUT2D eigenvalue weighted by atomic mass is 35.5. The first-order valence-corrected chi connectivity index (χ1v) is 7.98. The van der Waals surface area contributed by atoms with Gasteiger partial charge in [0, 0.05) is 12.0 Å². The molecule has 1 aromatic carbocycles. The van der Waals surface area contributed by atoms with Crippen molar-refractivity contribution < 1.29 is 24.0 Å². The van der Waals surface area contributed by atoms with Gasteiger partial charge in [-0.3, -0.25) is 4.79 Å². The highest BCUT2D eigenvalue weighted by Gasteiger charge is 2.23. The summed E-state index contributed by atoms with van der Waals surface area (Å²) in [7, 11) is 1.46. The fraction of sp³-hybridized carbons (Fsp3) is 0.353. The summed E-state index contributed by atoms with van der Waals surface area (Å²) in [6, 6.07) is 3.38. The standard InChI is InChI=1S/C17H19ClN2O5/c1-9-12(10(2)25-20-9)5-7-15(21)19-16(17(22)23)11-4-6-14(24-3)13(18)8-11/h4,6,8,16H,5,7H2,1-3H3,(H,19,21)(H,22,23). The predicted molar refractivity (Wildman–Crippen MR) is 90.8 cm³/mol. The molecule has 0 aliphatic carbocycles. The minimum absolute atomic E-state index is 0.122. The number of aromatic nitrogens is 1. The van der Waals surface area contributed by atoms with Gasteiger partial charge in [-0.15, -0.1) is 0 Å². The summed E-state index contributed by atoms with van der Waals surface area (Å²) in [6.07, 6.45) is 0.541. The second kappa shape index (κ2) is 8.02. The van der Waals surface area contributed by atoms with Crippen molar-refractivity contribution in [2.75, 3.05) is 7.11 Å². The molecule has 0 saturated carbocycles. The van der Waals surface area contributed by atoms with Gasteiger partial charge >= 0.3 is 5.97 Å². The van der Waals surface area contributed by atoms with Gasteiger partial charge in [-0.05, 0) is 38.0 Å². The van der Waals surface area contributed by atoms with Gasteiger partial charge in [0.2, 0.25) is 5.91 Å². The number of nitrogens with one attached hydrogen (secondary N) is 1. The summed E-state index contributed by atoms with van der Waals surface area (Å²) in [4.78, 5) is 23.7. The smallest absolute Gasteiger partial charge is 0.330 e. The Morgan fingerprint density at radius 3 is 2.64 bits per heavy atom. The van der Waals surface area contributed by atoms with Crippen LogP contribution in [0, 0.1) is 13.8 Å². The zero-order valence-electron chi connectivity index (χ0n) is 14.1. The van der Waals surface area contributed by atoms with Crippen LogP contribution in [0.25, 0.3) is 0 Å². The fourth-order valence-corrected chi connectivity index (χ4v) is 2.75. The Hall–Kier alpha value is -2.54. The van der Waals surface area contributed by atoms with Crippen LogP contribution in [0.1, 0.15) is 35.0 Å². The number of aliphatic carboxylic acids is 1. The molecule has 0 spiro atoms. The maximum absolute atomic E-state index is 12.2. The number of benzene rings is 1. The van der Waals surface area contributed by atoms with Crippen LogP contribution < -0.4 is 10.1 Å². The highest BCUT2D eigenvalue weighted by molar-refractivity contribution is 6.32. The zero-order valence-corrected chi connectivity index (χ0v) is 14.9. The third kappa shape index (κ3) is 4.51. The lowest BCUT2D eigenvalue weighted by Crippen LogP contribution is -2.33. The summed E-state index contributed by atoms with van der Waals surface area (Å²) in [5.74, 6) is -0.479. The van der Waals surface area contributed by atoms with E-state index in [0.717, 1.165) is 11.3 Å². The van der Waals surface area contributed by atoms with Crippen LogP contribution in [0.3, 0.4) is 0 Å². The molecule has 0 saturated heterocycles. The summed E-state index contributed by atoms with van der Waals surface area (Å²) in [6.45, 7) is 3.57. The number of nitrogens with zero attached hydrogens (tertiary/aromatic N) is 1. The SMILES string of the molecule is COc1ccc(C(NC(=O)CCc2c(C)noc2C)C(=O)O)cc1Cl. The Labute approximate surface area is 149 Å². The average molecular weight is 367 g/mol. The van der Waals surface area contributed by atoms with E-state index in [2.05, 4.69) is 10.5 Å². The summed E-state index contributed by atoms with van der Waals surface area (Å²) in [5.41, 5.74) is 1.94. The minimum Gasteiger partial charge on any atom is -0.495 e. The van der Waals surface area contributed by atoms with Crippen molar-refractivity contribution in [2.45, 2.75) is 32.7 Å². The number of hydrogen-bond donors (Lipinski definition) is 2. The molecule has 8 heteroatoms. The number of carbonyl (C=O) groups excluding carboxylic acids is 1. The van der Waals surface area contributed by atoms with Gasteiger partial charge < -0.3 is 19.7 Å². The van der Waals surface area contributed by atoms with Gasteiger partial charge in [0.1, 0.15) is 11.5 Å². The van der Waals surface area contributed by atoms with E-state index < -0.39 is 12.0 Å². The second-order valence-electron chi connectivity index (χ2n) is 5.54. The third-order valence-electron chi connectivity index (χ3n) is 3.84. The quantitative estimate of drug-likeness (QED) is 0.781. The van der Waals surface area contributed by atoms with Gasteiger partial charge in [0.05, 0.1) is 17.8 Å². The van der Waals surface area contributed by atoms with Crippen molar-refractivity contribution in [1.29, 1.82) is 0 Å². The number of carboxylic acid groups (broad SMARTS) is 1. The molecule has 0 radical (unpaired) electrons. The lowest BCUT2D eigenvalue weighted by Gasteiger charge is -2.16. The first kappa shape index (κ1) is 18.8. The van der Waals surface area contributed by atoms with Crippen molar-refractivity contribution in [1.82, 2.24) is 10.5 Å². The van der Waals surface area contributed by atoms with Crippen LogP contribution in [0.15, 0.2) is 22.7 Å². The molecular formula is C17H19ClN2O5. The van der Waals surface area contributed by atoms with E-state index in [0.29, 0.717) is 23.5 Å². The van der Waals surface area contributed by atoms with Crippen LogP contribution >= 0.6 is 11.6 Å². The van der Waals surface area contributed by atoms with E-state index in [4.69, 9.17) is 20.9 Å². The van der Waals surface area contributed by atoms with E-state index in [1.54, 1.807) is 26.0 Å². The Morgan fingerprint density at radius 1 is 1.40 bits per heavy atom. The molecular weight excluding hydrogens is 348 g/mol. The normalized spacial score (nSPS) is 11.8. The molecule has 0 aliphatic heterocycles. The molecule has 0 aliphatic rings. The number of hydrogen-bond acceptors (Lipinski definition) is 5. The average Bonchev–Trinajstić information content (AvgIpc) is 2.88. The largest absolute Gasteiger partial charge is 0.495 e. The molecule has 0 bridgehead atoms. The number of rotatable bonds is 7. The number of carbonyl (C=O) groups is 2. The topological polar surface area (TPSA) is 102 Å². The van der Waals surface area contributed by atoms with Crippen LogP contribution in [-0.2, 0) is 16.0 Å². The van der Waals surface area contributed by atoms with Crippen LogP contribution in [0.5, 0.6) is 5.75 Å². The molecule has 1 aromatic heterocycles. The number of aryl methyl sites for hydroxylation is 2. The molecule has 7 nitrogen and oxygen atoms in total. The summed E-state index contributed by atoms with van der Waals surface area (Å²) < 4.78 is 10.1. The Balaban J connectivity index is 2.07. The fourth-order valence-electron chi connectivity index (χ4n) is 2.48. The molecule has 134 valence electrons. The number of amides is 1. The monoisotopic (exact) mass is 366 g/mol. The number of carboxylic acids is 1. The first-order valence-electron chi connectivity index (χ1n) is 7.60. The van der Waals surface area contributed by atoms with Crippen molar-refractivity contribution >= 4 is 23.5 Å². The van der Waals surface area contributed by atoms with E-state index in [1.807, 2.05) is 0 Å². The van der Waals surface area contributed by atoms with Crippen molar-refractivity contribution in [3.63, 3.8) is 0 Å². The maximum atomic E-state index is 12.2. The Morgan fingerprint density at radius 2 is 2.12 bits per heavy atom. The Kier molecular flexibility index (Phi) is 6.03. The molecule has 1 unspecified atom stereocenters. The molecule has 1 atom stereocenters. The molecule has 1 amide bonds. The number of methoxy groups -OCH3 is 1. The Bertz CT molecular complexity index is 768. The lowest BCUT2D eigenvalue weighted by molar-refractivity contribution is -0.142. The van der Waals surface area contributed by atoms with Crippen LogP contribution in [0.2, 0.25) is 5.02 Å². The van der Waals surface area contributed by atoms with Crippen molar-refractivity contribution in [3.05, 3.63) is 45.8 Å². The first-order chi connectivity index (χ1) is 11.8. The van der Waals surface area contributed by atoms with E-state index >= 15 is 0 Å². The van der Waals surface area contributed by atoms with E-state index in [-0.39, 0.29) is 17.4 Å². The second-order valence-corrected chi connectivity index (χ2v) is 5.94. The highest BCUT2D eigenvalue weighted by Crippen LogP contribution is 2.28. The molecule has 2 rings (SSSR count). The van der Waals surface area contributed by atoms with Gasteiger partial charge in [0.25, 0.3) is 0 Å². The van der Waals surface area contributed by atoms with Crippen molar-refractivity contribution in [2.24, 2.45) is 0 Å². The minimum atomic E-state index is -1.19. The molecule has 1 heterocycles. The van der Waals surface area contributed by atoms with Gasteiger partial charge in [-0.1, -0.05) is 22.8 Å². The third-order valence-corrected chi connectivity index (χ3v) is 4.14. The van der Waals surface area contributed by atoms with E-state index in [1.165, 1.54) is 13.2 Å². The van der Waals surface area contributed by atoms with Crippen molar-refractivity contribution in [3.8, 4) is 5.75 Å². The van der Waals surface area contributed by atoms with Gasteiger partial charge in [-0.25, -0.2) is 4.79 Å². The summed E-state index contributed by atoms with van der Waals surface area (Å²) in [5, 5.41) is 16.0. The molecule has 25 heavy (non-hydrogen) atoms. The van der Waals surface area contributed by atoms with Gasteiger partial charge in [-0.2, -0.15) is 0 Å².